The molecular formula is C22H30N4O. The first-order valence-corrected chi connectivity index (χ1v) is 10.2. The number of piperidine rings is 1. The van der Waals surface area contributed by atoms with Crippen molar-refractivity contribution in [3.05, 3.63) is 52.8 Å². The third-order valence-corrected chi connectivity index (χ3v) is 6.01. The normalized spacial score (nSPS) is 20.3. The lowest BCUT2D eigenvalue weighted by Crippen LogP contribution is -2.42. The molecule has 1 amide bonds. The molecule has 0 radical (unpaired) electrons. The largest absolute Gasteiger partial charge is 0.343 e. The minimum absolute atomic E-state index is 0.0253. The summed E-state index contributed by atoms with van der Waals surface area (Å²) in [5.41, 5.74) is 4.33. The van der Waals surface area contributed by atoms with E-state index in [2.05, 4.69) is 33.8 Å². The van der Waals surface area contributed by atoms with Crippen LogP contribution < -0.4 is 0 Å². The number of carbonyl (C=O) groups is 1. The molecule has 1 aliphatic heterocycles. The van der Waals surface area contributed by atoms with Gasteiger partial charge in [0.25, 0.3) is 5.91 Å². The van der Waals surface area contributed by atoms with Gasteiger partial charge in [-0.2, -0.15) is 5.10 Å². The maximum atomic E-state index is 12.8. The van der Waals surface area contributed by atoms with E-state index in [9.17, 15) is 4.79 Å². The molecule has 0 N–H and O–H groups in total. The van der Waals surface area contributed by atoms with Crippen molar-refractivity contribution < 1.29 is 4.79 Å². The monoisotopic (exact) mass is 366 g/mol. The highest BCUT2D eigenvalue weighted by Crippen LogP contribution is 2.30. The van der Waals surface area contributed by atoms with Crippen LogP contribution in [-0.2, 0) is 19.4 Å². The molecule has 1 atom stereocenters. The van der Waals surface area contributed by atoms with Crippen molar-refractivity contribution in [3.63, 3.8) is 0 Å². The molecule has 1 aromatic carbocycles. The fourth-order valence-corrected chi connectivity index (χ4v) is 4.54. The summed E-state index contributed by atoms with van der Waals surface area (Å²) in [5.74, 6) is 0.0253. The van der Waals surface area contributed by atoms with Crippen molar-refractivity contribution in [1.29, 1.82) is 0 Å². The second-order valence-corrected chi connectivity index (χ2v) is 8.11. The van der Waals surface area contributed by atoms with Gasteiger partial charge < -0.3 is 9.80 Å². The molecule has 27 heavy (non-hydrogen) atoms. The molecule has 1 saturated heterocycles. The molecule has 5 heteroatoms. The number of likely N-dealkylation sites (tertiary alicyclic amines) is 1. The van der Waals surface area contributed by atoms with Crippen LogP contribution in [-0.4, -0.2) is 58.7 Å². The third-order valence-electron chi connectivity index (χ3n) is 6.01. The Kier molecular flexibility index (Phi) is 5.30. The number of carbonyl (C=O) groups excluding carboxylic acids is 1. The molecule has 1 aliphatic carbocycles. The van der Waals surface area contributed by atoms with Gasteiger partial charge in [-0.05, 0) is 50.8 Å². The number of amides is 1. The number of hydrogen-bond acceptors (Lipinski definition) is 3. The Labute approximate surface area is 162 Å². The summed E-state index contributed by atoms with van der Waals surface area (Å²) in [4.78, 5) is 17.1. The second kappa shape index (κ2) is 7.85. The lowest BCUT2D eigenvalue weighted by atomic mass is 9.89. The zero-order chi connectivity index (χ0) is 18.8. The van der Waals surface area contributed by atoms with Crippen LogP contribution in [0.25, 0.3) is 0 Å². The first kappa shape index (κ1) is 18.2. The Bertz CT molecular complexity index is 790. The molecule has 0 saturated carbocycles. The lowest BCUT2D eigenvalue weighted by Gasteiger charge is -2.37. The second-order valence-electron chi connectivity index (χ2n) is 8.11. The molecule has 1 aromatic heterocycles. The summed E-state index contributed by atoms with van der Waals surface area (Å²) in [5, 5.41) is 4.79. The Morgan fingerprint density at radius 1 is 1.15 bits per heavy atom. The fraction of sp³-hybridized carbons (Fsp3) is 0.545. The van der Waals surface area contributed by atoms with Crippen LogP contribution in [0.1, 0.15) is 53.0 Å². The smallest absolute Gasteiger partial charge is 0.274 e. The van der Waals surface area contributed by atoms with E-state index < -0.39 is 0 Å². The van der Waals surface area contributed by atoms with Gasteiger partial charge in [0, 0.05) is 31.4 Å². The zero-order valence-corrected chi connectivity index (χ0v) is 16.5. The number of aromatic nitrogens is 2. The van der Waals surface area contributed by atoms with E-state index in [1.807, 2.05) is 20.2 Å². The fourth-order valence-electron chi connectivity index (χ4n) is 4.54. The topological polar surface area (TPSA) is 41.4 Å². The average Bonchev–Trinajstić information content (AvgIpc) is 3.06. The van der Waals surface area contributed by atoms with E-state index in [4.69, 9.17) is 5.10 Å². The predicted octanol–water partition coefficient (Wildman–Crippen LogP) is 2.98. The van der Waals surface area contributed by atoms with Crippen molar-refractivity contribution in [3.8, 4) is 0 Å². The minimum Gasteiger partial charge on any atom is -0.343 e. The van der Waals surface area contributed by atoms with E-state index >= 15 is 0 Å². The Morgan fingerprint density at radius 2 is 1.89 bits per heavy atom. The van der Waals surface area contributed by atoms with Gasteiger partial charge in [0.1, 0.15) is 0 Å². The van der Waals surface area contributed by atoms with Crippen LogP contribution in [0.2, 0.25) is 0 Å². The van der Waals surface area contributed by atoms with Crippen molar-refractivity contribution in [2.45, 2.75) is 51.1 Å². The van der Waals surface area contributed by atoms with E-state index in [1.165, 1.54) is 55.6 Å². The number of nitrogens with zero attached hydrogens (tertiary/aromatic N) is 4. The van der Waals surface area contributed by atoms with Crippen molar-refractivity contribution in [2.75, 3.05) is 27.2 Å². The van der Waals surface area contributed by atoms with Gasteiger partial charge in [0.05, 0.1) is 6.54 Å². The molecule has 144 valence electrons. The third kappa shape index (κ3) is 3.79. The number of fused-ring (bicyclic) bond motifs is 1. The molecule has 1 unspecified atom stereocenters. The summed E-state index contributed by atoms with van der Waals surface area (Å²) < 4.78 is 2.08. The number of rotatable bonds is 4. The van der Waals surface area contributed by atoms with Crippen LogP contribution in [0.5, 0.6) is 0 Å². The molecule has 0 spiro atoms. The predicted molar refractivity (Wildman–Crippen MR) is 107 cm³/mol. The van der Waals surface area contributed by atoms with Gasteiger partial charge in [-0.1, -0.05) is 36.8 Å². The Balaban J connectivity index is 1.64. The quantitative estimate of drug-likeness (QED) is 0.835. The molecule has 5 nitrogen and oxygen atoms in total. The molecular weight excluding hydrogens is 336 g/mol. The van der Waals surface area contributed by atoms with Crippen molar-refractivity contribution in [1.82, 2.24) is 19.6 Å². The van der Waals surface area contributed by atoms with Gasteiger partial charge >= 0.3 is 0 Å². The van der Waals surface area contributed by atoms with Gasteiger partial charge in [-0.15, -0.1) is 0 Å². The van der Waals surface area contributed by atoms with Crippen LogP contribution >= 0.6 is 0 Å². The SMILES string of the molecule is CN(C)C(=O)c1nn(Cc2ccccc2)c2c1CC(N1CCCCC1)CC2. The van der Waals surface area contributed by atoms with E-state index in [0.29, 0.717) is 11.7 Å². The molecule has 1 fully saturated rings. The first-order valence-electron chi connectivity index (χ1n) is 10.2. The average molecular weight is 367 g/mol. The molecule has 4 rings (SSSR count). The van der Waals surface area contributed by atoms with Crippen molar-refractivity contribution >= 4 is 5.91 Å². The molecule has 2 aliphatic rings. The summed E-state index contributed by atoms with van der Waals surface area (Å²) in [6.45, 7) is 3.14. The van der Waals surface area contributed by atoms with Crippen LogP contribution in [0.15, 0.2) is 30.3 Å². The molecule has 2 heterocycles. The first-order chi connectivity index (χ1) is 13.1. The minimum atomic E-state index is 0.0253. The van der Waals surface area contributed by atoms with Crippen LogP contribution in [0.3, 0.4) is 0 Å². The molecule has 2 aromatic rings. The molecule has 0 bridgehead atoms. The summed E-state index contributed by atoms with van der Waals surface area (Å²) in [7, 11) is 3.63. The van der Waals surface area contributed by atoms with Gasteiger partial charge in [0.15, 0.2) is 5.69 Å². The van der Waals surface area contributed by atoms with E-state index in [0.717, 1.165) is 19.4 Å². The Morgan fingerprint density at radius 3 is 2.59 bits per heavy atom. The van der Waals surface area contributed by atoms with E-state index in [1.54, 1.807) is 4.90 Å². The summed E-state index contributed by atoms with van der Waals surface area (Å²) >= 11 is 0. The van der Waals surface area contributed by atoms with Crippen molar-refractivity contribution in [2.24, 2.45) is 0 Å². The highest BCUT2D eigenvalue weighted by molar-refractivity contribution is 5.93. The number of hydrogen-bond donors (Lipinski definition) is 0. The highest BCUT2D eigenvalue weighted by atomic mass is 16.2. The van der Waals surface area contributed by atoms with Gasteiger partial charge in [0.2, 0.25) is 0 Å². The summed E-state index contributed by atoms with van der Waals surface area (Å²) in [6.07, 6.45) is 7.10. The lowest BCUT2D eigenvalue weighted by molar-refractivity contribution is 0.0818. The zero-order valence-electron chi connectivity index (χ0n) is 16.5. The van der Waals surface area contributed by atoms with Crippen LogP contribution in [0, 0.1) is 0 Å². The maximum absolute atomic E-state index is 12.8. The van der Waals surface area contributed by atoms with Gasteiger partial charge in [-0.3, -0.25) is 9.48 Å². The number of benzene rings is 1. The standard InChI is InChI=1S/C22H30N4O/c1-24(2)22(27)21-19-15-18(25-13-7-4-8-14-25)11-12-20(19)26(23-21)16-17-9-5-3-6-10-17/h3,5-6,9-10,18H,4,7-8,11-16H2,1-2H3. The van der Waals surface area contributed by atoms with E-state index in [-0.39, 0.29) is 5.91 Å². The van der Waals surface area contributed by atoms with Crippen LogP contribution in [0.4, 0.5) is 0 Å². The summed E-state index contributed by atoms with van der Waals surface area (Å²) in [6, 6.07) is 11.0. The highest BCUT2D eigenvalue weighted by Gasteiger charge is 2.32. The Hall–Kier alpha value is -2.14. The van der Waals surface area contributed by atoms with Gasteiger partial charge in [-0.25, -0.2) is 0 Å². The maximum Gasteiger partial charge on any atom is 0.274 e.